The van der Waals surface area contributed by atoms with Gasteiger partial charge in [0.2, 0.25) is 0 Å². The molecule has 0 fully saturated rings. The molecule has 1 aromatic heterocycles. The number of nitrogens with one attached hydrogen (secondary N) is 2. The van der Waals surface area contributed by atoms with Crippen molar-refractivity contribution in [2.45, 2.75) is 19.9 Å². The normalized spacial score (nSPS) is 10.3. The Labute approximate surface area is 125 Å². The van der Waals surface area contributed by atoms with Crippen LogP contribution in [0.2, 0.25) is 0 Å². The van der Waals surface area contributed by atoms with Crippen molar-refractivity contribution >= 4 is 11.5 Å². The Morgan fingerprint density at radius 2 is 2.14 bits per heavy atom. The van der Waals surface area contributed by atoms with Gasteiger partial charge in [-0.05, 0) is 19.9 Å². The molecule has 0 saturated heterocycles. The molecule has 0 aliphatic carbocycles. The molecule has 0 spiro atoms. The molecule has 8 nitrogen and oxygen atoms in total. The highest BCUT2D eigenvalue weighted by molar-refractivity contribution is 5.65. The minimum atomic E-state index is -0.593. The summed E-state index contributed by atoms with van der Waals surface area (Å²) in [7, 11) is 0. The number of anilines is 1. The van der Waals surface area contributed by atoms with Crippen LogP contribution in [-0.2, 0) is 0 Å². The number of rotatable bonds is 4. The molecule has 0 bridgehead atoms. The van der Waals surface area contributed by atoms with Gasteiger partial charge in [0.15, 0.2) is 5.82 Å². The Balaban J connectivity index is 2.50. The number of aromatic amines is 1. The molecule has 0 amide bonds. The van der Waals surface area contributed by atoms with Gasteiger partial charge in [0, 0.05) is 23.7 Å². The highest BCUT2D eigenvalue weighted by Crippen LogP contribution is 2.23. The fourth-order valence-electron chi connectivity index (χ4n) is 1.86. The first-order valence-corrected chi connectivity index (χ1v) is 6.46. The number of nitro benzene ring substituents is 1. The summed E-state index contributed by atoms with van der Waals surface area (Å²) >= 11 is 0. The summed E-state index contributed by atoms with van der Waals surface area (Å²) in [6, 6.07) is 5.80. The van der Waals surface area contributed by atoms with Crippen LogP contribution >= 0.6 is 0 Å². The van der Waals surface area contributed by atoms with E-state index in [1.54, 1.807) is 0 Å². The van der Waals surface area contributed by atoms with E-state index in [0.717, 1.165) is 0 Å². The number of benzene rings is 1. The molecule has 1 aromatic carbocycles. The van der Waals surface area contributed by atoms with Crippen molar-refractivity contribution in [1.82, 2.24) is 9.97 Å². The molecule has 2 rings (SSSR count). The lowest BCUT2D eigenvalue weighted by Crippen LogP contribution is -2.21. The summed E-state index contributed by atoms with van der Waals surface area (Å²) in [4.78, 5) is 28.9. The molecular weight excluding hydrogens is 286 g/mol. The van der Waals surface area contributed by atoms with E-state index >= 15 is 0 Å². The molecule has 0 radical (unpaired) electrons. The van der Waals surface area contributed by atoms with Crippen LogP contribution in [0.1, 0.15) is 19.4 Å². The van der Waals surface area contributed by atoms with Gasteiger partial charge < -0.3 is 10.3 Å². The van der Waals surface area contributed by atoms with Crippen LogP contribution in [-0.4, -0.2) is 20.9 Å². The summed E-state index contributed by atoms with van der Waals surface area (Å²) in [6.07, 6.45) is 1.40. The van der Waals surface area contributed by atoms with Crippen LogP contribution in [0.4, 0.5) is 11.5 Å². The number of aromatic nitrogens is 2. The van der Waals surface area contributed by atoms with Crippen molar-refractivity contribution in [2.75, 3.05) is 5.32 Å². The molecule has 0 aliphatic heterocycles. The molecular formula is C14H13N5O3. The molecule has 0 saturated carbocycles. The van der Waals surface area contributed by atoms with Gasteiger partial charge in [-0.3, -0.25) is 14.9 Å². The van der Waals surface area contributed by atoms with Crippen LogP contribution in [0.15, 0.2) is 29.2 Å². The van der Waals surface area contributed by atoms with E-state index in [2.05, 4.69) is 15.3 Å². The number of nitriles is 1. The fraction of sp³-hybridized carbons (Fsp3) is 0.214. The number of nitro groups is 1. The van der Waals surface area contributed by atoms with E-state index in [1.165, 1.54) is 24.4 Å². The highest BCUT2D eigenvalue weighted by atomic mass is 16.6. The molecule has 112 valence electrons. The summed E-state index contributed by atoms with van der Waals surface area (Å²) in [5.41, 5.74) is 0.135. The lowest BCUT2D eigenvalue weighted by Gasteiger charge is -2.08. The van der Waals surface area contributed by atoms with Crippen LogP contribution < -0.4 is 10.9 Å². The lowest BCUT2D eigenvalue weighted by atomic mass is 10.1. The number of hydrogen-bond acceptors (Lipinski definition) is 6. The zero-order chi connectivity index (χ0) is 16.3. The van der Waals surface area contributed by atoms with Gasteiger partial charge >= 0.3 is 0 Å². The molecule has 22 heavy (non-hydrogen) atoms. The van der Waals surface area contributed by atoms with Crippen molar-refractivity contribution in [3.63, 3.8) is 0 Å². The molecule has 0 aliphatic rings. The van der Waals surface area contributed by atoms with E-state index < -0.39 is 10.5 Å². The third-order valence-corrected chi connectivity index (χ3v) is 2.78. The maximum atomic E-state index is 11.9. The first-order valence-electron chi connectivity index (χ1n) is 6.46. The van der Waals surface area contributed by atoms with Crippen LogP contribution in [0.5, 0.6) is 0 Å². The smallest absolute Gasteiger partial charge is 0.291 e. The Kier molecular flexibility index (Phi) is 4.18. The quantitative estimate of drug-likeness (QED) is 0.657. The first kappa shape index (κ1) is 15.2. The monoisotopic (exact) mass is 299 g/mol. The Morgan fingerprint density at radius 3 is 2.68 bits per heavy atom. The topological polar surface area (TPSA) is 125 Å². The standard InChI is InChI=1S/C14H13N5O3/c1-8(2)17-13-14(20)18-12(7-16-13)10-3-9(6-15)4-11(5-10)19(21)22/h3-5,7-8H,1-2H3,(H,16,17)(H,18,20). The highest BCUT2D eigenvalue weighted by Gasteiger charge is 2.13. The lowest BCUT2D eigenvalue weighted by molar-refractivity contribution is -0.384. The average Bonchev–Trinajstić information content (AvgIpc) is 2.48. The van der Waals surface area contributed by atoms with E-state index in [0.29, 0.717) is 11.3 Å². The van der Waals surface area contributed by atoms with E-state index in [9.17, 15) is 14.9 Å². The number of hydrogen-bond donors (Lipinski definition) is 2. The number of non-ortho nitro benzene ring substituents is 1. The van der Waals surface area contributed by atoms with E-state index in [-0.39, 0.29) is 23.1 Å². The molecule has 0 atom stereocenters. The number of nitrogens with zero attached hydrogens (tertiary/aromatic N) is 3. The van der Waals surface area contributed by atoms with Gasteiger partial charge in [0.25, 0.3) is 11.2 Å². The third-order valence-electron chi connectivity index (χ3n) is 2.78. The van der Waals surface area contributed by atoms with Crippen LogP contribution in [0.3, 0.4) is 0 Å². The maximum Gasteiger partial charge on any atom is 0.291 e. The Hall–Kier alpha value is -3.21. The predicted octanol–water partition coefficient (Wildman–Crippen LogP) is 2.04. The SMILES string of the molecule is CC(C)Nc1ncc(-c2cc(C#N)cc([N+](=O)[O-])c2)[nH]c1=O. The van der Waals surface area contributed by atoms with Gasteiger partial charge in [0.1, 0.15) is 0 Å². The van der Waals surface area contributed by atoms with Crippen molar-refractivity contribution in [3.05, 3.63) is 50.4 Å². The largest absolute Gasteiger partial charge is 0.363 e. The second-order valence-corrected chi connectivity index (χ2v) is 4.91. The Morgan fingerprint density at radius 1 is 1.41 bits per heavy atom. The van der Waals surface area contributed by atoms with Gasteiger partial charge in [-0.15, -0.1) is 0 Å². The molecule has 1 heterocycles. The van der Waals surface area contributed by atoms with E-state index in [4.69, 9.17) is 5.26 Å². The van der Waals surface area contributed by atoms with Crippen molar-refractivity contribution < 1.29 is 4.92 Å². The minimum Gasteiger partial charge on any atom is -0.363 e. The van der Waals surface area contributed by atoms with Crippen molar-refractivity contribution in [3.8, 4) is 17.3 Å². The fourth-order valence-corrected chi connectivity index (χ4v) is 1.86. The predicted molar refractivity (Wildman–Crippen MR) is 80.4 cm³/mol. The third kappa shape index (κ3) is 3.27. The van der Waals surface area contributed by atoms with Gasteiger partial charge in [-0.25, -0.2) is 4.98 Å². The van der Waals surface area contributed by atoms with Crippen LogP contribution in [0, 0.1) is 21.4 Å². The van der Waals surface area contributed by atoms with Gasteiger partial charge in [0.05, 0.1) is 28.4 Å². The van der Waals surface area contributed by atoms with Gasteiger partial charge in [-0.2, -0.15) is 5.26 Å². The van der Waals surface area contributed by atoms with Crippen LogP contribution in [0.25, 0.3) is 11.3 Å². The average molecular weight is 299 g/mol. The van der Waals surface area contributed by atoms with E-state index in [1.807, 2.05) is 19.9 Å². The zero-order valence-electron chi connectivity index (χ0n) is 12.0. The zero-order valence-corrected chi connectivity index (χ0v) is 12.0. The molecule has 2 aromatic rings. The summed E-state index contributed by atoms with van der Waals surface area (Å²) < 4.78 is 0. The second kappa shape index (κ2) is 6.05. The summed E-state index contributed by atoms with van der Waals surface area (Å²) in [6.45, 7) is 3.74. The second-order valence-electron chi connectivity index (χ2n) is 4.91. The summed E-state index contributed by atoms with van der Waals surface area (Å²) in [5.74, 6) is 0.171. The van der Waals surface area contributed by atoms with Gasteiger partial charge in [-0.1, -0.05) is 0 Å². The van der Waals surface area contributed by atoms with Crippen molar-refractivity contribution in [1.29, 1.82) is 5.26 Å². The first-order chi connectivity index (χ1) is 10.4. The number of H-pyrrole nitrogens is 1. The minimum absolute atomic E-state index is 0.0439. The Bertz CT molecular complexity index is 820. The molecule has 0 unspecified atom stereocenters. The van der Waals surface area contributed by atoms with Crippen molar-refractivity contribution in [2.24, 2.45) is 0 Å². The molecule has 2 N–H and O–H groups in total. The summed E-state index contributed by atoms with van der Waals surface area (Å²) in [5, 5.41) is 22.7. The molecule has 8 heteroatoms. The maximum absolute atomic E-state index is 11.9.